The maximum absolute atomic E-state index is 10.2. The molecule has 0 spiro atoms. The Bertz CT molecular complexity index is 509. The number of carbonyl (C=O) groups is 3. The summed E-state index contributed by atoms with van der Waals surface area (Å²) in [6.07, 6.45) is 6.09. The number of carboxylic acids is 3. The number of allylic oxidation sites excluding steroid dienone is 3. The van der Waals surface area contributed by atoms with E-state index in [1.807, 2.05) is 6.92 Å². The van der Waals surface area contributed by atoms with E-state index in [9.17, 15) is 19.5 Å². The van der Waals surface area contributed by atoms with Gasteiger partial charge in [0.25, 0.3) is 0 Å². The van der Waals surface area contributed by atoms with Crippen LogP contribution in [0.1, 0.15) is 30.6 Å². The zero-order valence-corrected chi connectivity index (χ0v) is 15.4. The van der Waals surface area contributed by atoms with Crippen molar-refractivity contribution in [2.75, 3.05) is 0 Å². The molecule has 0 aliphatic carbocycles. The first kappa shape index (κ1) is 26.0. The third-order valence-corrected chi connectivity index (χ3v) is 1.85. The molecule has 0 saturated heterocycles. The summed E-state index contributed by atoms with van der Waals surface area (Å²) in [5.41, 5.74) is 0.331. The summed E-state index contributed by atoms with van der Waals surface area (Å²) >= 11 is 0. The standard InChI is InChI=1S/C7H6O2.C6H8O2.C3H6O2.Na/c8-7(9)6-4-2-1-3-5-6;1-2-3-4-5-6(7)8;1-2-3(4)5;/h1-5H,(H,8,9);2-5H,1H3,(H,7,8);2H2,1H3,(H,4,5);/q;;;+1/p-1/b;3-2+,5-4+;;. The summed E-state index contributed by atoms with van der Waals surface area (Å²) < 4.78 is 0. The number of benzene rings is 1. The Kier molecular flexibility index (Phi) is 20.6. The number of aliphatic carboxylic acids is 2. The minimum atomic E-state index is -0.995. The second-order valence-electron chi connectivity index (χ2n) is 3.62. The van der Waals surface area contributed by atoms with Crippen molar-refractivity contribution in [3.8, 4) is 0 Å². The molecule has 0 bridgehead atoms. The van der Waals surface area contributed by atoms with E-state index < -0.39 is 17.9 Å². The van der Waals surface area contributed by atoms with E-state index >= 15 is 0 Å². The first-order chi connectivity index (χ1) is 10.3. The van der Waals surface area contributed by atoms with Crippen LogP contribution in [0.2, 0.25) is 0 Å². The van der Waals surface area contributed by atoms with E-state index in [-0.39, 0.29) is 36.0 Å². The van der Waals surface area contributed by atoms with Crippen LogP contribution >= 0.6 is 0 Å². The number of rotatable bonds is 4. The van der Waals surface area contributed by atoms with Crippen molar-refractivity contribution in [2.45, 2.75) is 20.3 Å². The SMILES string of the molecule is C/C=C/C=C/C(=O)O.CCC(=O)[O-].O=C(O)c1ccccc1.[Na+]. The molecule has 0 aliphatic heterocycles. The molecule has 1 rings (SSSR count). The van der Waals surface area contributed by atoms with Crippen molar-refractivity contribution in [1.82, 2.24) is 0 Å². The monoisotopic (exact) mass is 330 g/mol. The topological polar surface area (TPSA) is 115 Å². The van der Waals surface area contributed by atoms with Crippen molar-refractivity contribution >= 4 is 17.9 Å². The molecule has 0 aliphatic rings. The predicted molar refractivity (Wildman–Crippen MR) is 80.3 cm³/mol. The fraction of sp³-hybridized carbons (Fsp3) is 0.188. The van der Waals surface area contributed by atoms with Crippen LogP contribution in [-0.2, 0) is 9.59 Å². The van der Waals surface area contributed by atoms with E-state index in [1.165, 1.54) is 13.0 Å². The summed E-state index contributed by atoms with van der Waals surface area (Å²) in [7, 11) is 0. The molecule has 0 unspecified atom stereocenters. The van der Waals surface area contributed by atoms with Crippen LogP contribution in [-0.4, -0.2) is 28.1 Å². The van der Waals surface area contributed by atoms with Crippen molar-refractivity contribution < 1.29 is 59.3 Å². The minimum absolute atomic E-state index is 0. The zero-order valence-electron chi connectivity index (χ0n) is 13.4. The van der Waals surface area contributed by atoms with Crippen LogP contribution in [0.5, 0.6) is 0 Å². The Balaban J connectivity index is -0.000000266. The number of carboxylic acid groups (broad SMARTS) is 3. The minimum Gasteiger partial charge on any atom is -0.550 e. The van der Waals surface area contributed by atoms with Gasteiger partial charge in [-0.2, -0.15) is 0 Å². The van der Waals surface area contributed by atoms with Crippen LogP contribution in [0.4, 0.5) is 0 Å². The predicted octanol–water partition coefficient (Wildman–Crippen LogP) is -1.26. The van der Waals surface area contributed by atoms with Gasteiger partial charge in [0, 0.05) is 12.0 Å². The fourth-order valence-corrected chi connectivity index (χ4v) is 0.830. The average molecular weight is 330 g/mol. The van der Waals surface area contributed by atoms with E-state index in [4.69, 9.17) is 10.2 Å². The fourth-order valence-electron chi connectivity index (χ4n) is 0.830. The van der Waals surface area contributed by atoms with Crippen LogP contribution in [0.15, 0.2) is 54.6 Å². The van der Waals surface area contributed by atoms with E-state index in [2.05, 4.69) is 0 Å². The number of aromatic carboxylic acids is 1. The zero-order chi connectivity index (χ0) is 17.4. The van der Waals surface area contributed by atoms with Gasteiger partial charge in [0.1, 0.15) is 0 Å². The van der Waals surface area contributed by atoms with Gasteiger partial charge in [-0.15, -0.1) is 0 Å². The first-order valence-electron chi connectivity index (χ1n) is 6.35. The molecule has 0 heterocycles. The molecular weight excluding hydrogens is 311 g/mol. The summed E-state index contributed by atoms with van der Waals surface area (Å²) in [5.74, 6) is -2.79. The molecule has 7 heteroatoms. The molecule has 0 saturated carbocycles. The van der Waals surface area contributed by atoms with Crippen molar-refractivity contribution in [2.24, 2.45) is 0 Å². The number of carbonyl (C=O) groups excluding carboxylic acids is 1. The van der Waals surface area contributed by atoms with E-state index in [1.54, 1.807) is 42.5 Å². The number of hydrogen-bond donors (Lipinski definition) is 2. The maximum atomic E-state index is 10.2. The molecule has 0 fully saturated rings. The molecule has 120 valence electrons. The van der Waals surface area contributed by atoms with Gasteiger partial charge in [0.05, 0.1) is 5.56 Å². The molecule has 0 aromatic heterocycles. The molecule has 1 aromatic rings. The molecule has 0 atom stereocenters. The first-order valence-corrected chi connectivity index (χ1v) is 6.35. The molecule has 23 heavy (non-hydrogen) atoms. The largest absolute Gasteiger partial charge is 1.00 e. The summed E-state index contributed by atoms with van der Waals surface area (Å²) in [6, 6.07) is 8.30. The Labute approximate surface area is 157 Å². The summed E-state index contributed by atoms with van der Waals surface area (Å²) in [5, 5.41) is 25.7. The molecule has 6 nitrogen and oxygen atoms in total. The van der Waals surface area contributed by atoms with Gasteiger partial charge in [0.15, 0.2) is 0 Å². The molecule has 2 N–H and O–H groups in total. The molecule has 1 aromatic carbocycles. The van der Waals surface area contributed by atoms with Crippen LogP contribution in [0.3, 0.4) is 0 Å². The summed E-state index contributed by atoms with van der Waals surface area (Å²) in [6.45, 7) is 3.36. The van der Waals surface area contributed by atoms with Gasteiger partial charge in [-0.3, -0.25) is 0 Å². The van der Waals surface area contributed by atoms with E-state index in [0.29, 0.717) is 5.56 Å². The number of hydrogen-bond acceptors (Lipinski definition) is 4. The van der Waals surface area contributed by atoms with Gasteiger partial charge in [-0.25, -0.2) is 9.59 Å². The Hall–Kier alpha value is -1.89. The Morgan fingerprint density at radius 3 is 1.83 bits per heavy atom. The van der Waals surface area contributed by atoms with E-state index in [0.717, 1.165) is 6.08 Å². The van der Waals surface area contributed by atoms with Crippen LogP contribution in [0, 0.1) is 0 Å². The average Bonchev–Trinajstić information content (AvgIpc) is 2.49. The Morgan fingerprint density at radius 2 is 1.57 bits per heavy atom. The second kappa shape index (κ2) is 18.2. The van der Waals surface area contributed by atoms with Gasteiger partial charge in [-0.1, -0.05) is 43.4 Å². The van der Waals surface area contributed by atoms with Crippen LogP contribution in [0.25, 0.3) is 0 Å². The third kappa shape index (κ3) is 22.5. The molecular formula is C16H19NaO6. The van der Waals surface area contributed by atoms with Gasteiger partial charge >= 0.3 is 41.5 Å². The van der Waals surface area contributed by atoms with Crippen LogP contribution < -0.4 is 34.7 Å². The summed E-state index contributed by atoms with van der Waals surface area (Å²) in [4.78, 5) is 29.2. The normalized spacial score (nSPS) is 8.96. The Morgan fingerprint density at radius 1 is 1.09 bits per heavy atom. The second-order valence-corrected chi connectivity index (χ2v) is 3.62. The van der Waals surface area contributed by atoms with Crippen molar-refractivity contribution in [3.63, 3.8) is 0 Å². The maximum Gasteiger partial charge on any atom is 1.00 e. The van der Waals surface area contributed by atoms with Crippen molar-refractivity contribution in [3.05, 3.63) is 60.2 Å². The van der Waals surface area contributed by atoms with Crippen molar-refractivity contribution in [1.29, 1.82) is 0 Å². The smallest absolute Gasteiger partial charge is 0.550 e. The van der Waals surface area contributed by atoms with Gasteiger partial charge in [0.2, 0.25) is 0 Å². The quantitative estimate of drug-likeness (QED) is 0.404. The molecule has 0 amide bonds. The van der Waals surface area contributed by atoms with Gasteiger partial charge < -0.3 is 20.1 Å². The third-order valence-electron chi connectivity index (χ3n) is 1.85. The van der Waals surface area contributed by atoms with Gasteiger partial charge in [-0.05, 0) is 25.5 Å². The molecule has 0 radical (unpaired) electrons.